The Hall–Kier alpha value is -4.30. The molecule has 0 aliphatic carbocycles. The number of aromatic nitrogens is 4. The molecular formula is C30H41F6Mn2N6O15S2+3. The normalized spacial score (nSPS) is 10.3. The van der Waals surface area contributed by atoms with E-state index in [1.807, 2.05) is 72.8 Å². The van der Waals surface area contributed by atoms with Crippen LogP contribution < -0.4 is 10.2 Å². The van der Waals surface area contributed by atoms with E-state index in [0.717, 1.165) is 22.8 Å². The molecule has 0 fully saturated rings. The molecule has 0 unspecified atom stereocenters. The molecule has 2 radical (unpaired) electrons. The SMILES string of the molecule is O.O.O=C([O-])CN(Cc1ccccn1)Cc1ccccn1.O=C([O-])CN(Cc1ccccn1)Cc1ccccn1.O=S(=O)([O-])C(F)(F)F.O=S(=O)([O-])C(F)(F)F.[Mn+2].[Mn+2].[OH3+].[OH3+].[OH3+]. The maximum absolute atomic E-state index is 10.8. The maximum Gasteiger partial charge on any atom is 2.00 e. The van der Waals surface area contributed by atoms with E-state index in [-0.39, 0.29) is 74.6 Å². The summed E-state index contributed by atoms with van der Waals surface area (Å²) in [6.07, 6.45) is 6.75. The van der Waals surface area contributed by atoms with Gasteiger partial charge in [-0.3, -0.25) is 29.7 Å². The third kappa shape index (κ3) is 33.1. The molecule has 0 atom stereocenters. The number of halogens is 6. The number of aliphatic carboxylic acids is 2. The molecule has 0 saturated carbocycles. The molecule has 346 valence electrons. The van der Waals surface area contributed by atoms with Gasteiger partial charge >= 0.3 is 45.2 Å². The predicted molar refractivity (Wildman–Crippen MR) is 189 cm³/mol. The molecule has 4 aromatic rings. The Morgan fingerprint density at radius 2 is 0.672 bits per heavy atom. The second-order valence-electron chi connectivity index (χ2n) is 10.1. The summed E-state index contributed by atoms with van der Waals surface area (Å²) in [7, 11) is -12.2. The molecule has 4 heterocycles. The van der Waals surface area contributed by atoms with Crippen molar-refractivity contribution in [2.45, 2.75) is 37.2 Å². The smallest absolute Gasteiger partial charge is 0.741 e. The monoisotopic (exact) mass is 1010 g/mol. The maximum atomic E-state index is 10.8. The number of carboxylic acids is 2. The molecule has 0 saturated heterocycles. The van der Waals surface area contributed by atoms with E-state index in [9.17, 15) is 46.1 Å². The zero-order valence-corrected chi connectivity index (χ0v) is 34.8. The van der Waals surface area contributed by atoms with Crippen LogP contribution in [0.3, 0.4) is 0 Å². The molecule has 0 amide bonds. The van der Waals surface area contributed by atoms with E-state index in [2.05, 4.69) is 19.9 Å². The number of carbonyl (C=O) groups is 2. The quantitative estimate of drug-likeness (QED) is 0.0431. The number of rotatable bonds is 12. The predicted octanol–water partition coefficient (Wildman–Crippen LogP) is -3.86. The first-order chi connectivity index (χ1) is 25.0. The van der Waals surface area contributed by atoms with Crippen molar-refractivity contribution in [3.63, 3.8) is 0 Å². The van der Waals surface area contributed by atoms with Crippen LogP contribution in [0.4, 0.5) is 26.3 Å². The molecule has 31 heteroatoms. The van der Waals surface area contributed by atoms with Crippen molar-refractivity contribution < 1.29 is 134 Å². The van der Waals surface area contributed by atoms with Gasteiger partial charge in [-0.25, -0.2) is 16.8 Å². The summed E-state index contributed by atoms with van der Waals surface area (Å²) in [4.78, 5) is 41.8. The van der Waals surface area contributed by atoms with Gasteiger partial charge in [0.05, 0.1) is 34.7 Å². The van der Waals surface area contributed by atoms with E-state index >= 15 is 0 Å². The van der Waals surface area contributed by atoms with Crippen LogP contribution in [-0.4, -0.2) is 103 Å². The summed E-state index contributed by atoms with van der Waals surface area (Å²) in [5.41, 5.74) is -8.02. The van der Waals surface area contributed by atoms with Crippen molar-refractivity contribution in [2.24, 2.45) is 0 Å². The Bertz CT molecular complexity index is 1720. The van der Waals surface area contributed by atoms with Gasteiger partial charge in [0.15, 0.2) is 20.2 Å². The molecule has 0 aliphatic heterocycles. The zero-order valence-electron chi connectivity index (χ0n) is 30.8. The van der Waals surface area contributed by atoms with Crippen LogP contribution in [0.25, 0.3) is 0 Å². The van der Waals surface area contributed by atoms with E-state index in [0.29, 0.717) is 26.2 Å². The molecule has 4 aromatic heterocycles. The summed E-state index contributed by atoms with van der Waals surface area (Å²) in [6, 6.07) is 22.2. The van der Waals surface area contributed by atoms with Gasteiger partial charge < -0.3 is 56.3 Å². The van der Waals surface area contributed by atoms with Crippen LogP contribution >= 0.6 is 0 Å². The summed E-state index contributed by atoms with van der Waals surface area (Å²) >= 11 is 0. The first-order valence-corrected chi connectivity index (χ1v) is 17.3. The van der Waals surface area contributed by atoms with E-state index < -0.39 is 43.2 Å². The van der Waals surface area contributed by atoms with Gasteiger partial charge in [-0.2, -0.15) is 26.3 Å². The van der Waals surface area contributed by atoms with Gasteiger partial charge in [-0.05, 0) is 48.5 Å². The van der Waals surface area contributed by atoms with Crippen molar-refractivity contribution >= 4 is 32.2 Å². The van der Waals surface area contributed by atoms with Gasteiger partial charge in [0.25, 0.3) is 0 Å². The van der Waals surface area contributed by atoms with Crippen molar-refractivity contribution in [1.29, 1.82) is 0 Å². The Labute approximate surface area is 364 Å². The van der Waals surface area contributed by atoms with Gasteiger partial charge in [-0.1, -0.05) is 24.3 Å². The number of carboxylic acid groups (broad SMARTS) is 2. The third-order valence-corrected chi connectivity index (χ3v) is 6.85. The minimum atomic E-state index is -6.09. The molecule has 21 nitrogen and oxygen atoms in total. The number of alkyl halides is 6. The topological polar surface area (TPSA) is 415 Å². The number of hydrogen-bond acceptors (Lipinski definition) is 16. The molecule has 61 heavy (non-hydrogen) atoms. The number of nitrogens with zero attached hydrogens (tertiary/aromatic N) is 6. The minimum Gasteiger partial charge on any atom is -0.741 e. The van der Waals surface area contributed by atoms with Crippen molar-refractivity contribution in [1.82, 2.24) is 29.7 Å². The first-order valence-electron chi connectivity index (χ1n) is 14.5. The van der Waals surface area contributed by atoms with Crippen LogP contribution in [0.1, 0.15) is 22.8 Å². The number of carbonyl (C=O) groups excluding carboxylic acids is 2. The summed E-state index contributed by atoms with van der Waals surface area (Å²) in [6.45, 7) is 1.51. The number of pyridine rings is 4. The van der Waals surface area contributed by atoms with E-state index in [1.165, 1.54) is 0 Å². The van der Waals surface area contributed by atoms with Crippen LogP contribution in [-0.2, 0) is 107 Å². The van der Waals surface area contributed by atoms with Crippen molar-refractivity contribution in [3.05, 3.63) is 120 Å². The second-order valence-corrected chi connectivity index (χ2v) is 12.9. The summed E-state index contributed by atoms with van der Waals surface area (Å²) in [5.74, 6) is -2.21. The average molecular weight is 1010 g/mol. The van der Waals surface area contributed by atoms with Crippen molar-refractivity contribution in [2.75, 3.05) is 13.1 Å². The fraction of sp³-hybridized carbons (Fsp3) is 0.267. The van der Waals surface area contributed by atoms with Crippen LogP contribution in [0.2, 0.25) is 0 Å². The standard InChI is InChI=1S/2C14H15N3O2.2CHF3O3S.2Mn.5H2O/c2*18-14(19)11-17(9-12-5-1-3-7-15-12)10-13-6-2-4-8-16-13;2*2-1(3,4)8(5,6)7;;;;;;;/h2*1-8H,9-11H2,(H,18,19);2*(H,5,6,7);;;5*1H2/q;;;;2*+2;;;;;/p-1. The van der Waals surface area contributed by atoms with Crippen LogP contribution in [0.5, 0.6) is 0 Å². The Balaban J connectivity index is -0.000000131. The van der Waals surface area contributed by atoms with Gasteiger partial charge in [0, 0.05) is 64.1 Å². The Morgan fingerprint density at radius 3 is 0.787 bits per heavy atom. The minimum absolute atomic E-state index is 0. The molecular weight excluding hydrogens is 972 g/mol. The Kier molecular flexibility index (Phi) is 40.0. The fourth-order valence-electron chi connectivity index (χ4n) is 3.58. The van der Waals surface area contributed by atoms with E-state index in [1.54, 1.807) is 34.6 Å². The third-order valence-electron chi connectivity index (χ3n) is 5.72. The molecule has 0 aromatic carbocycles. The zero-order chi connectivity index (χ0) is 41.0. The van der Waals surface area contributed by atoms with Crippen LogP contribution in [0.15, 0.2) is 97.6 Å². The first kappa shape index (κ1) is 71.2. The molecule has 4 rings (SSSR count). The largest absolute Gasteiger partial charge is 2.00 e. The fourth-order valence-corrected chi connectivity index (χ4v) is 3.58. The van der Waals surface area contributed by atoms with Crippen molar-refractivity contribution in [3.8, 4) is 0 Å². The Morgan fingerprint density at radius 1 is 0.492 bits per heavy atom. The van der Waals surface area contributed by atoms with E-state index in [4.69, 9.17) is 25.9 Å². The van der Waals surface area contributed by atoms with Crippen LogP contribution in [0, 0.1) is 0 Å². The average Bonchev–Trinajstić information content (AvgIpc) is 3.05. The number of hydrogen-bond donors (Lipinski definition) is 0. The molecule has 0 aliphatic rings. The summed E-state index contributed by atoms with van der Waals surface area (Å²) in [5, 5.41) is 21.6. The second kappa shape index (κ2) is 34.3. The van der Waals surface area contributed by atoms with Gasteiger partial charge in [0.2, 0.25) is 0 Å². The van der Waals surface area contributed by atoms with Gasteiger partial charge in [-0.15, -0.1) is 0 Å². The molecule has 0 spiro atoms. The molecule has 13 N–H and O–H groups in total. The summed E-state index contributed by atoms with van der Waals surface area (Å²) < 4.78 is 118. The van der Waals surface area contributed by atoms with Gasteiger partial charge in [0.1, 0.15) is 0 Å². The molecule has 0 bridgehead atoms.